The summed E-state index contributed by atoms with van der Waals surface area (Å²) in [6.45, 7) is 12.7. The van der Waals surface area contributed by atoms with Crippen molar-refractivity contribution in [2.24, 2.45) is 11.8 Å². The van der Waals surface area contributed by atoms with Crippen LogP contribution in [0.2, 0.25) is 0 Å². The minimum absolute atomic E-state index is 0. The number of carbonyl (C=O) groups excluding carboxylic acids is 2. The topological polar surface area (TPSA) is 145 Å². The second kappa shape index (κ2) is 28.0. The van der Waals surface area contributed by atoms with Gasteiger partial charge in [0.05, 0.1) is 19.6 Å². The molecule has 0 saturated carbocycles. The molecule has 226 valence electrons. The van der Waals surface area contributed by atoms with Crippen LogP contribution in [0.15, 0.2) is 0 Å². The average molecular weight is 609 g/mol. The molecule has 0 heterocycles. The van der Waals surface area contributed by atoms with E-state index in [4.69, 9.17) is 14.2 Å². The number of esters is 2. The number of carbonyl (C=O) groups is 2. The Morgan fingerprint density at radius 1 is 0.846 bits per heavy atom. The fourth-order valence-electron chi connectivity index (χ4n) is 3.30. The van der Waals surface area contributed by atoms with Gasteiger partial charge in [-0.25, -0.2) is 13.0 Å². The van der Waals surface area contributed by atoms with Crippen LogP contribution in [0.3, 0.4) is 0 Å². The monoisotopic (exact) mass is 608 g/mol. The fraction of sp³-hybridized carbons (Fsp3) is 0.923. The minimum atomic E-state index is -5.01. The van der Waals surface area contributed by atoms with E-state index in [1.807, 2.05) is 13.8 Å². The second-order valence-corrected chi connectivity index (χ2v) is 11.2. The van der Waals surface area contributed by atoms with Gasteiger partial charge >= 0.3 is 50.2 Å². The van der Waals surface area contributed by atoms with Gasteiger partial charge in [-0.15, -0.1) is 0 Å². The molecule has 0 aromatic carbocycles. The van der Waals surface area contributed by atoms with Gasteiger partial charge in [-0.3, -0.25) is 14.1 Å². The Morgan fingerprint density at radius 2 is 1.33 bits per heavy atom. The van der Waals surface area contributed by atoms with E-state index in [0.29, 0.717) is 6.61 Å². The fourth-order valence-corrected chi connectivity index (χ4v) is 4.12. The molecule has 0 saturated heterocycles. The van der Waals surface area contributed by atoms with Crippen molar-refractivity contribution in [3.05, 3.63) is 0 Å². The van der Waals surface area contributed by atoms with Crippen LogP contribution in [-0.4, -0.2) is 56.3 Å². The Balaban J connectivity index is -0.000000995. The molecule has 0 aromatic rings. The van der Waals surface area contributed by atoms with Crippen LogP contribution >= 0.6 is 8.69 Å². The third kappa shape index (κ3) is 25.3. The normalized spacial score (nSPS) is 14.2. The third-order valence-electron chi connectivity index (χ3n) is 6.03. The summed E-state index contributed by atoms with van der Waals surface area (Å²) in [5.41, 5.74) is 0. The van der Waals surface area contributed by atoms with E-state index < -0.39 is 33.7 Å². The smallest absolute Gasteiger partial charge is 0.747 e. The maximum absolute atomic E-state index is 12.1. The largest absolute Gasteiger partial charge is 1.00 e. The van der Waals surface area contributed by atoms with Crippen LogP contribution < -0.4 is 29.6 Å². The Labute approximate surface area is 260 Å². The quantitative estimate of drug-likeness (QED) is 0.0449. The number of hydrogen-bond donors (Lipinski definition) is 0. The summed E-state index contributed by atoms with van der Waals surface area (Å²) in [5, 5.41) is -2.06. The summed E-state index contributed by atoms with van der Waals surface area (Å²) < 4.78 is 64.1. The molecule has 13 heteroatoms. The van der Waals surface area contributed by atoms with Crippen LogP contribution in [0.4, 0.5) is 0 Å². The molecule has 4 unspecified atom stereocenters. The molecule has 0 aliphatic rings. The summed E-state index contributed by atoms with van der Waals surface area (Å²) in [7, 11) is -5.33. The van der Waals surface area contributed by atoms with Gasteiger partial charge in [-0.1, -0.05) is 79.6 Å². The number of hydrogen-bond acceptors (Lipinski definition) is 10. The molecule has 4 atom stereocenters. The van der Waals surface area contributed by atoms with Gasteiger partial charge in [0, 0.05) is 6.61 Å². The summed E-state index contributed by atoms with van der Waals surface area (Å²) in [4.78, 5) is 24.1. The zero-order chi connectivity index (χ0) is 29.4. The molecule has 39 heavy (non-hydrogen) atoms. The average Bonchev–Trinajstić information content (AvgIpc) is 2.87. The van der Waals surface area contributed by atoms with E-state index in [2.05, 4.69) is 25.3 Å². The minimum Gasteiger partial charge on any atom is -0.747 e. The first-order valence-corrected chi connectivity index (χ1v) is 16.1. The zero-order valence-corrected chi connectivity index (χ0v) is 28.9. The Morgan fingerprint density at radius 3 is 1.74 bits per heavy atom. The molecule has 0 amide bonds. The van der Waals surface area contributed by atoms with E-state index in [1.54, 1.807) is 6.92 Å². The SMILES string of the molecule is CCCCC(CC)COC(=O)CC(C(=O)OCC(CC)CCCC)S(=O)(=O)[O-].CCCCOC(C)OP=O.[Na+]. The van der Waals surface area contributed by atoms with E-state index in [9.17, 15) is 27.1 Å². The molecule has 0 rings (SSSR count). The Kier molecular flexibility index (Phi) is 31.1. The maximum atomic E-state index is 12.1. The molecule has 0 fully saturated rings. The summed E-state index contributed by atoms with van der Waals surface area (Å²) in [6, 6.07) is 0. The standard InChI is InChI=1S/C20H38O7S.C6H13O3P.Na/c1-5-9-11-16(7-3)14-26-19(21)13-18(28(23,24)25)20(22)27-15-17(8-4)12-10-6-2;1-3-4-5-8-6(2)9-10-7;/h16-18H,5-15H2,1-4H3,(H,23,24,25);6H,3-5H2,1-2H3;/q;;+1/p-1. The molecule has 0 aliphatic heterocycles. The molecule has 0 spiro atoms. The molecular formula is C26H50NaO10PS. The van der Waals surface area contributed by atoms with Crippen molar-refractivity contribution in [3.8, 4) is 0 Å². The van der Waals surface area contributed by atoms with E-state index in [1.165, 1.54) is 0 Å². The third-order valence-corrected chi connectivity index (χ3v) is 7.47. The van der Waals surface area contributed by atoms with Crippen molar-refractivity contribution in [2.45, 2.75) is 124 Å². The van der Waals surface area contributed by atoms with Crippen LogP contribution in [0, 0.1) is 11.8 Å². The predicted octanol–water partition coefficient (Wildman–Crippen LogP) is 3.19. The second-order valence-electron chi connectivity index (χ2n) is 9.30. The molecule has 0 bridgehead atoms. The van der Waals surface area contributed by atoms with Gasteiger partial charge in [0.25, 0.3) is 0 Å². The van der Waals surface area contributed by atoms with E-state index >= 15 is 0 Å². The first-order chi connectivity index (χ1) is 18.0. The van der Waals surface area contributed by atoms with E-state index in [-0.39, 0.29) is 69.6 Å². The molecule has 0 aliphatic carbocycles. The summed E-state index contributed by atoms with van der Waals surface area (Å²) in [5.74, 6) is -1.74. The van der Waals surface area contributed by atoms with Crippen molar-refractivity contribution < 1.29 is 75.4 Å². The van der Waals surface area contributed by atoms with Crippen molar-refractivity contribution in [2.75, 3.05) is 19.8 Å². The summed E-state index contributed by atoms with van der Waals surface area (Å²) >= 11 is 0. The van der Waals surface area contributed by atoms with E-state index in [0.717, 1.165) is 64.2 Å². The number of unbranched alkanes of at least 4 members (excludes halogenated alkanes) is 3. The Hall–Kier alpha value is -0.130. The maximum Gasteiger partial charge on any atom is 1.00 e. The van der Waals surface area contributed by atoms with Gasteiger partial charge < -0.3 is 18.8 Å². The predicted molar refractivity (Wildman–Crippen MR) is 146 cm³/mol. The van der Waals surface area contributed by atoms with Crippen LogP contribution in [0.5, 0.6) is 0 Å². The first kappa shape index (κ1) is 43.3. The number of ether oxygens (including phenoxy) is 3. The Bertz CT molecular complexity index is 724. The summed E-state index contributed by atoms with van der Waals surface area (Å²) in [6.07, 6.45) is 8.34. The van der Waals surface area contributed by atoms with Gasteiger partial charge in [0.15, 0.2) is 11.5 Å². The first-order valence-electron chi connectivity index (χ1n) is 13.9. The van der Waals surface area contributed by atoms with Gasteiger partial charge in [-0.2, -0.15) is 0 Å². The van der Waals surface area contributed by atoms with Crippen LogP contribution in [0.1, 0.15) is 112 Å². The van der Waals surface area contributed by atoms with Crippen molar-refractivity contribution in [1.82, 2.24) is 0 Å². The van der Waals surface area contributed by atoms with Crippen molar-refractivity contribution in [3.63, 3.8) is 0 Å². The molecular weight excluding hydrogens is 558 g/mol. The van der Waals surface area contributed by atoms with Crippen LogP contribution in [-0.2, 0) is 43.0 Å². The van der Waals surface area contributed by atoms with Gasteiger partial charge in [0.2, 0.25) is 0 Å². The van der Waals surface area contributed by atoms with Crippen LogP contribution in [0.25, 0.3) is 0 Å². The van der Waals surface area contributed by atoms with Crippen molar-refractivity contribution in [1.29, 1.82) is 0 Å². The number of rotatable bonds is 22. The molecule has 0 N–H and O–H groups in total. The van der Waals surface area contributed by atoms with Crippen molar-refractivity contribution >= 4 is 30.7 Å². The molecule has 10 nitrogen and oxygen atoms in total. The molecule has 0 aromatic heterocycles. The van der Waals surface area contributed by atoms with Gasteiger partial charge in [0.1, 0.15) is 10.1 Å². The zero-order valence-electron chi connectivity index (χ0n) is 25.1. The van der Waals surface area contributed by atoms with Gasteiger partial charge in [-0.05, 0) is 38.0 Å². The molecule has 0 radical (unpaired) electrons.